The summed E-state index contributed by atoms with van der Waals surface area (Å²) in [6.45, 7) is 2.86. The second kappa shape index (κ2) is 5.50. The van der Waals surface area contributed by atoms with Crippen molar-refractivity contribution < 1.29 is 4.39 Å². The highest BCUT2D eigenvalue weighted by Gasteiger charge is 2.26. The summed E-state index contributed by atoms with van der Waals surface area (Å²) in [6.07, 6.45) is 2.89. The Morgan fingerprint density at radius 1 is 1.27 bits per heavy atom. The topological polar surface area (TPSA) is 44.8 Å². The van der Waals surface area contributed by atoms with Crippen molar-refractivity contribution in [3.8, 4) is 0 Å². The molecule has 0 amide bonds. The summed E-state index contributed by atoms with van der Waals surface area (Å²) in [7, 11) is 0. The van der Waals surface area contributed by atoms with E-state index >= 15 is 0 Å². The Morgan fingerprint density at radius 3 is 3.09 bits per heavy atom. The molecule has 112 valence electrons. The van der Waals surface area contributed by atoms with E-state index in [1.165, 1.54) is 12.1 Å². The number of benzene rings is 1. The van der Waals surface area contributed by atoms with E-state index in [1.54, 1.807) is 6.07 Å². The molecule has 1 N–H and O–H groups in total. The fourth-order valence-electron chi connectivity index (χ4n) is 3.12. The molecule has 1 aliphatic heterocycles. The number of imidazole rings is 1. The van der Waals surface area contributed by atoms with Crippen molar-refractivity contribution in [1.29, 1.82) is 0 Å². The van der Waals surface area contributed by atoms with Gasteiger partial charge in [-0.25, -0.2) is 9.37 Å². The minimum absolute atomic E-state index is 0.231. The highest BCUT2D eigenvalue weighted by atomic mass is 19.1. The van der Waals surface area contributed by atoms with E-state index in [2.05, 4.69) is 25.9 Å². The smallest absolute Gasteiger partial charge is 0.125 e. The number of fused-ring (bicyclic) bond motifs is 1. The molecular weight excluding hydrogens is 279 g/mol. The second-order valence-electron chi connectivity index (χ2n) is 5.83. The highest BCUT2D eigenvalue weighted by Crippen LogP contribution is 2.27. The zero-order valence-corrected chi connectivity index (χ0v) is 12.2. The van der Waals surface area contributed by atoms with Crippen LogP contribution >= 0.6 is 0 Å². The number of hydrogen-bond donors (Lipinski definition) is 1. The Kier molecular flexibility index (Phi) is 3.35. The first kappa shape index (κ1) is 13.4. The van der Waals surface area contributed by atoms with Crippen molar-refractivity contribution in [3.63, 3.8) is 0 Å². The third kappa shape index (κ3) is 2.60. The molecule has 0 bridgehead atoms. The van der Waals surface area contributed by atoms with Gasteiger partial charge in [-0.05, 0) is 43.3 Å². The van der Waals surface area contributed by atoms with Crippen LogP contribution in [0.1, 0.15) is 23.9 Å². The molecule has 22 heavy (non-hydrogen) atoms. The van der Waals surface area contributed by atoms with Gasteiger partial charge in [0.15, 0.2) is 0 Å². The summed E-state index contributed by atoms with van der Waals surface area (Å²) in [6, 6.07) is 10.7. The van der Waals surface area contributed by atoms with E-state index < -0.39 is 0 Å². The van der Waals surface area contributed by atoms with Crippen LogP contribution in [0.3, 0.4) is 0 Å². The molecule has 1 aromatic carbocycles. The summed E-state index contributed by atoms with van der Waals surface area (Å²) < 4.78 is 13.3. The van der Waals surface area contributed by atoms with Crippen molar-refractivity contribution in [2.45, 2.75) is 18.9 Å². The van der Waals surface area contributed by atoms with E-state index in [1.807, 2.05) is 18.3 Å². The number of rotatable bonds is 3. The van der Waals surface area contributed by atoms with Gasteiger partial charge in [-0.2, -0.15) is 0 Å². The van der Waals surface area contributed by atoms with Gasteiger partial charge >= 0.3 is 0 Å². The first-order valence-corrected chi connectivity index (χ1v) is 7.55. The quantitative estimate of drug-likeness (QED) is 0.808. The fraction of sp³-hybridized carbons (Fsp3) is 0.294. The maximum atomic E-state index is 13.3. The lowest BCUT2D eigenvalue weighted by atomic mass is 10.1. The molecule has 1 unspecified atom stereocenters. The largest absolute Gasteiger partial charge is 0.342 e. The van der Waals surface area contributed by atoms with Crippen LogP contribution in [0.5, 0.6) is 0 Å². The zero-order valence-electron chi connectivity index (χ0n) is 12.2. The van der Waals surface area contributed by atoms with Crippen LogP contribution in [0.15, 0.2) is 42.6 Å². The maximum Gasteiger partial charge on any atom is 0.125 e. The SMILES string of the molecule is Fc1ccc2nc(C3CCN(Cc4ccccn4)C3)[nH]c2c1. The molecule has 1 saturated heterocycles. The lowest BCUT2D eigenvalue weighted by molar-refractivity contribution is 0.322. The number of nitrogens with one attached hydrogen (secondary N) is 1. The number of H-pyrrole nitrogens is 1. The molecule has 0 spiro atoms. The Bertz CT molecular complexity index is 784. The summed E-state index contributed by atoms with van der Waals surface area (Å²) in [5, 5.41) is 0. The molecule has 3 aromatic rings. The van der Waals surface area contributed by atoms with E-state index in [4.69, 9.17) is 0 Å². The van der Waals surface area contributed by atoms with Crippen LogP contribution in [0.4, 0.5) is 4.39 Å². The monoisotopic (exact) mass is 296 g/mol. The van der Waals surface area contributed by atoms with Crippen LogP contribution in [-0.4, -0.2) is 32.9 Å². The first-order valence-electron chi connectivity index (χ1n) is 7.55. The summed E-state index contributed by atoms with van der Waals surface area (Å²) in [4.78, 5) is 14.6. The Morgan fingerprint density at radius 2 is 2.23 bits per heavy atom. The van der Waals surface area contributed by atoms with Gasteiger partial charge in [0.05, 0.1) is 16.7 Å². The normalized spacial score (nSPS) is 19.0. The van der Waals surface area contributed by atoms with Gasteiger partial charge in [0, 0.05) is 25.2 Å². The number of aromatic amines is 1. The molecule has 0 saturated carbocycles. The summed E-state index contributed by atoms with van der Waals surface area (Å²) >= 11 is 0. The average Bonchev–Trinajstić information content (AvgIpc) is 3.14. The number of pyridine rings is 1. The molecule has 1 atom stereocenters. The van der Waals surface area contributed by atoms with E-state index in [-0.39, 0.29) is 5.82 Å². The minimum Gasteiger partial charge on any atom is -0.342 e. The predicted molar refractivity (Wildman–Crippen MR) is 82.9 cm³/mol. The Labute approximate surface area is 128 Å². The predicted octanol–water partition coefficient (Wildman–Crippen LogP) is 3.09. The molecule has 1 aliphatic rings. The molecule has 5 heteroatoms. The zero-order chi connectivity index (χ0) is 14.9. The first-order chi connectivity index (χ1) is 10.8. The lowest BCUT2D eigenvalue weighted by Gasteiger charge is -2.14. The molecule has 0 aliphatic carbocycles. The van der Waals surface area contributed by atoms with Crippen molar-refractivity contribution in [3.05, 3.63) is 59.9 Å². The lowest BCUT2D eigenvalue weighted by Crippen LogP contribution is -2.20. The van der Waals surface area contributed by atoms with Gasteiger partial charge in [0.2, 0.25) is 0 Å². The van der Waals surface area contributed by atoms with Crippen LogP contribution < -0.4 is 0 Å². The molecule has 1 fully saturated rings. The van der Waals surface area contributed by atoms with Crippen molar-refractivity contribution in [1.82, 2.24) is 19.9 Å². The minimum atomic E-state index is -0.231. The van der Waals surface area contributed by atoms with Gasteiger partial charge < -0.3 is 4.98 Å². The number of hydrogen-bond acceptors (Lipinski definition) is 3. The third-order valence-electron chi connectivity index (χ3n) is 4.23. The average molecular weight is 296 g/mol. The van der Waals surface area contributed by atoms with Gasteiger partial charge in [0.1, 0.15) is 11.6 Å². The van der Waals surface area contributed by atoms with Crippen molar-refractivity contribution in [2.24, 2.45) is 0 Å². The third-order valence-corrected chi connectivity index (χ3v) is 4.23. The maximum absolute atomic E-state index is 13.3. The summed E-state index contributed by atoms with van der Waals surface area (Å²) in [5.74, 6) is 1.11. The Hall–Kier alpha value is -2.27. The molecule has 2 aromatic heterocycles. The number of likely N-dealkylation sites (tertiary alicyclic amines) is 1. The second-order valence-corrected chi connectivity index (χ2v) is 5.83. The Balaban J connectivity index is 1.49. The van der Waals surface area contributed by atoms with Gasteiger partial charge in [-0.15, -0.1) is 0 Å². The molecular formula is C17H17FN4. The van der Waals surface area contributed by atoms with Crippen LogP contribution in [0.2, 0.25) is 0 Å². The van der Waals surface area contributed by atoms with E-state index in [0.29, 0.717) is 5.92 Å². The van der Waals surface area contributed by atoms with Crippen LogP contribution in [0.25, 0.3) is 11.0 Å². The number of nitrogens with zero attached hydrogens (tertiary/aromatic N) is 3. The number of halogens is 1. The highest BCUT2D eigenvalue weighted by molar-refractivity contribution is 5.75. The van der Waals surface area contributed by atoms with Gasteiger partial charge in [-0.1, -0.05) is 6.07 Å². The van der Waals surface area contributed by atoms with Crippen molar-refractivity contribution in [2.75, 3.05) is 13.1 Å². The molecule has 4 nitrogen and oxygen atoms in total. The van der Waals surface area contributed by atoms with Gasteiger partial charge in [0.25, 0.3) is 0 Å². The fourth-order valence-corrected chi connectivity index (χ4v) is 3.12. The molecule has 0 radical (unpaired) electrons. The van der Waals surface area contributed by atoms with E-state index in [0.717, 1.165) is 48.6 Å². The van der Waals surface area contributed by atoms with Crippen molar-refractivity contribution >= 4 is 11.0 Å². The van der Waals surface area contributed by atoms with E-state index in [9.17, 15) is 4.39 Å². The molecule has 3 heterocycles. The number of aromatic nitrogens is 3. The van der Waals surface area contributed by atoms with Gasteiger partial charge in [-0.3, -0.25) is 9.88 Å². The van der Waals surface area contributed by atoms with Crippen LogP contribution in [-0.2, 0) is 6.54 Å². The standard InChI is InChI=1S/C17H17FN4/c18-13-4-5-15-16(9-13)21-17(20-15)12-6-8-22(10-12)11-14-3-1-2-7-19-14/h1-5,7,9,12H,6,8,10-11H2,(H,20,21). The molecule has 4 rings (SSSR count). The van der Waals surface area contributed by atoms with Crippen LogP contribution in [0, 0.1) is 5.82 Å². The summed E-state index contributed by atoms with van der Waals surface area (Å²) in [5.41, 5.74) is 2.70.